The molecule has 3 heterocycles. The zero-order valence-electron chi connectivity index (χ0n) is 14.6. The zero-order valence-corrected chi connectivity index (χ0v) is 16.2. The van der Waals surface area contributed by atoms with Crippen LogP contribution in [0.25, 0.3) is 6.08 Å². The maximum atomic E-state index is 13.0. The van der Waals surface area contributed by atoms with Gasteiger partial charge in [0.05, 0.1) is 34.8 Å². The number of nitrogens with zero attached hydrogens (tertiary/aromatic N) is 1. The van der Waals surface area contributed by atoms with E-state index in [-0.39, 0.29) is 65.2 Å². The van der Waals surface area contributed by atoms with Gasteiger partial charge in [-0.2, -0.15) is 0 Å². The van der Waals surface area contributed by atoms with Crippen molar-refractivity contribution < 1.29 is 19.1 Å². The van der Waals surface area contributed by atoms with E-state index in [1.165, 1.54) is 21.8 Å². The first-order valence-electron chi connectivity index (χ1n) is 9.11. The van der Waals surface area contributed by atoms with E-state index in [4.69, 9.17) is 4.74 Å². The number of carbonyl (C=O) groups excluding carboxylic acids is 3. The molecule has 7 nitrogen and oxygen atoms in total. The van der Waals surface area contributed by atoms with E-state index < -0.39 is 5.97 Å². The highest BCUT2D eigenvalue weighted by Crippen LogP contribution is 2.64. The summed E-state index contributed by atoms with van der Waals surface area (Å²) in [6.45, 7) is 2.11. The molecule has 1 N–H and O–H groups in total. The summed E-state index contributed by atoms with van der Waals surface area (Å²) in [6, 6.07) is 0. The Balaban J connectivity index is 1.40. The van der Waals surface area contributed by atoms with Gasteiger partial charge in [-0.25, -0.2) is 0 Å². The van der Waals surface area contributed by atoms with Crippen LogP contribution in [-0.4, -0.2) is 46.1 Å². The molecule has 0 radical (unpaired) electrons. The Bertz CT molecular complexity index is 948. The zero-order chi connectivity index (χ0) is 18.9. The minimum absolute atomic E-state index is 0.0412. The molecule has 2 aliphatic carbocycles. The third kappa shape index (κ3) is 2.40. The van der Waals surface area contributed by atoms with Gasteiger partial charge in [0.25, 0.3) is 0 Å². The fourth-order valence-corrected chi connectivity index (χ4v) is 7.58. The summed E-state index contributed by atoms with van der Waals surface area (Å²) in [4.78, 5) is 54.1. The summed E-state index contributed by atoms with van der Waals surface area (Å²) in [5.41, 5.74) is 1.20. The molecule has 5 atom stereocenters. The first kappa shape index (κ1) is 17.2. The first-order valence-corrected chi connectivity index (χ1v) is 10.8. The molecule has 3 fully saturated rings. The van der Waals surface area contributed by atoms with Crippen LogP contribution in [0.5, 0.6) is 0 Å². The van der Waals surface area contributed by atoms with E-state index in [1.54, 1.807) is 18.7 Å². The smallest absolute Gasteiger partial charge is 0.307 e. The Labute approximate surface area is 163 Å². The molecule has 142 valence electrons. The maximum Gasteiger partial charge on any atom is 0.307 e. The summed E-state index contributed by atoms with van der Waals surface area (Å²) < 4.78 is 4.91. The molecule has 5 rings (SSSR count). The molecule has 2 bridgehead atoms. The highest BCUT2D eigenvalue weighted by atomic mass is 32.2. The fraction of sp³-hybridized carbons (Fsp3) is 0.556. The molecule has 0 unspecified atom stereocenters. The Morgan fingerprint density at radius 1 is 1.30 bits per heavy atom. The molecule has 2 amide bonds. The van der Waals surface area contributed by atoms with Crippen molar-refractivity contribution in [1.82, 2.24) is 9.88 Å². The van der Waals surface area contributed by atoms with E-state index in [2.05, 4.69) is 11.1 Å². The molecule has 1 saturated heterocycles. The Kier molecular flexibility index (Phi) is 3.87. The summed E-state index contributed by atoms with van der Waals surface area (Å²) in [6.07, 6.45) is 2.94. The monoisotopic (exact) mass is 406 g/mol. The van der Waals surface area contributed by atoms with E-state index in [9.17, 15) is 19.2 Å². The maximum absolute atomic E-state index is 13.0. The van der Waals surface area contributed by atoms with Crippen LogP contribution in [0.3, 0.4) is 0 Å². The van der Waals surface area contributed by atoms with Gasteiger partial charge in [0.2, 0.25) is 11.8 Å². The molecule has 0 spiro atoms. The van der Waals surface area contributed by atoms with Crippen LogP contribution < -0.4 is 4.87 Å². The molecule has 0 aromatic carbocycles. The van der Waals surface area contributed by atoms with Gasteiger partial charge in [0, 0.05) is 11.8 Å². The lowest BCUT2D eigenvalue weighted by Gasteiger charge is -2.32. The van der Waals surface area contributed by atoms with Crippen LogP contribution in [0, 0.1) is 23.7 Å². The van der Waals surface area contributed by atoms with Crippen molar-refractivity contribution in [2.45, 2.75) is 30.0 Å². The number of thioether (sulfide) groups is 1. The Morgan fingerprint density at radius 3 is 2.85 bits per heavy atom. The summed E-state index contributed by atoms with van der Waals surface area (Å²) in [7, 11) is 0. The van der Waals surface area contributed by atoms with Crippen molar-refractivity contribution >= 4 is 47.0 Å². The largest absolute Gasteiger partial charge is 0.466 e. The number of imide groups is 1. The minimum Gasteiger partial charge on any atom is -0.466 e. The number of thiazole rings is 1. The Hall–Kier alpha value is -1.87. The second kappa shape index (κ2) is 6.07. The van der Waals surface area contributed by atoms with Crippen LogP contribution in [-0.2, 0) is 19.1 Å². The molecule has 27 heavy (non-hydrogen) atoms. The van der Waals surface area contributed by atoms with Crippen LogP contribution in [0.2, 0.25) is 0 Å². The predicted molar refractivity (Wildman–Crippen MR) is 99.1 cm³/mol. The van der Waals surface area contributed by atoms with Gasteiger partial charge in [-0.3, -0.25) is 24.1 Å². The second-order valence-corrected chi connectivity index (χ2v) is 9.50. The van der Waals surface area contributed by atoms with Gasteiger partial charge >= 0.3 is 10.8 Å². The summed E-state index contributed by atoms with van der Waals surface area (Å²) in [5, 5.41) is 1.02. The van der Waals surface area contributed by atoms with Crippen molar-refractivity contribution in [3.8, 4) is 0 Å². The molecule has 9 heteroatoms. The average Bonchev–Trinajstić information content (AvgIpc) is 3.33. The summed E-state index contributed by atoms with van der Waals surface area (Å²) in [5.74, 6) is -1.14. The van der Waals surface area contributed by atoms with Gasteiger partial charge in [-0.05, 0) is 31.3 Å². The van der Waals surface area contributed by atoms with Crippen molar-refractivity contribution in [1.29, 1.82) is 0 Å². The third-order valence-electron chi connectivity index (χ3n) is 6.09. The average molecular weight is 406 g/mol. The molecule has 1 aromatic rings. The quantitative estimate of drug-likeness (QED) is 0.601. The van der Waals surface area contributed by atoms with Crippen LogP contribution in [0.1, 0.15) is 24.6 Å². The second-order valence-electron chi connectivity index (χ2n) is 7.33. The van der Waals surface area contributed by atoms with Crippen molar-refractivity contribution in [2.24, 2.45) is 23.7 Å². The normalized spacial score (nSPS) is 33.0. The first-order chi connectivity index (χ1) is 13.0. The number of amides is 2. The number of hydrogen-bond donors (Lipinski definition) is 1. The van der Waals surface area contributed by atoms with Gasteiger partial charge in [0.15, 0.2) is 0 Å². The van der Waals surface area contributed by atoms with E-state index in [0.29, 0.717) is 0 Å². The van der Waals surface area contributed by atoms with E-state index in [0.717, 1.165) is 16.3 Å². The fourth-order valence-electron chi connectivity index (χ4n) is 5.14. The number of aromatic amines is 1. The van der Waals surface area contributed by atoms with E-state index >= 15 is 0 Å². The van der Waals surface area contributed by atoms with Crippen molar-refractivity contribution in [3.63, 3.8) is 0 Å². The lowest BCUT2D eigenvalue weighted by atomic mass is 9.77. The molecular weight excluding hydrogens is 388 g/mol. The number of hydrogen-bond acceptors (Lipinski definition) is 7. The minimum atomic E-state index is -0.390. The standard InChI is InChI=1S/C18H18N2O5S2/c1-2-25-11(21)3-4-20-16(22)12-7-5-9(13(12)17(20)23)14-8(7)6-10-15(27-14)19-18(24)26-10/h6-7,9,12-14H,2-5H2,1H3,(H,19,24)/t7-,9+,12+,13-,14-/m1/s1. The van der Waals surface area contributed by atoms with Crippen molar-refractivity contribution in [3.05, 3.63) is 20.1 Å². The van der Waals surface area contributed by atoms with E-state index in [1.807, 2.05) is 0 Å². The summed E-state index contributed by atoms with van der Waals surface area (Å²) >= 11 is 2.81. The molecule has 2 aliphatic heterocycles. The highest BCUT2D eigenvalue weighted by molar-refractivity contribution is 8.00. The van der Waals surface area contributed by atoms with Crippen LogP contribution >= 0.6 is 23.1 Å². The lowest BCUT2D eigenvalue weighted by Crippen LogP contribution is -2.35. The van der Waals surface area contributed by atoms with Crippen molar-refractivity contribution in [2.75, 3.05) is 13.2 Å². The van der Waals surface area contributed by atoms with Crippen LogP contribution in [0.4, 0.5) is 0 Å². The number of carbonyl (C=O) groups is 3. The number of H-pyrrole nitrogens is 1. The number of aromatic nitrogens is 1. The number of ether oxygens (including phenoxy) is 1. The van der Waals surface area contributed by atoms with Gasteiger partial charge in [-0.1, -0.05) is 28.7 Å². The van der Waals surface area contributed by atoms with Gasteiger partial charge in [-0.15, -0.1) is 0 Å². The lowest BCUT2D eigenvalue weighted by molar-refractivity contribution is -0.145. The molecule has 1 aromatic heterocycles. The van der Waals surface area contributed by atoms with Gasteiger partial charge in [0.1, 0.15) is 0 Å². The topological polar surface area (TPSA) is 96.5 Å². The number of nitrogens with one attached hydrogen (secondary N) is 1. The molecule has 2 saturated carbocycles. The van der Waals surface area contributed by atoms with Gasteiger partial charge < -0.3 is 9.72 Å². The number of rotatable bonds is 4. The number of fused-ring (bicyclic) bond motifs is 9. The third-order valence-corrected chi connectivity index (χ3v) is 8.48. The highest BCUT2D eigenvalue weighted by Gasteiger charge is 2.66. The van der Waals surface area contributed by atoms with Crippen LogP contribution in [0.15, 0.2) is 15.4 Å². The SMILES string of the molecule is CCOC(=O)CCN1C(=O)[C@@H]2[C@@H]3C[C@H](C4=Cc5sc(=O)[nH]c5S[C@H]43)[C@@H]2C1=O. The Morgan fingerprint density at radius 2 is 2.07 bits per heavy atom. The number of likely N-dealkylation sites (tertiary alicyclic amines) is 1. The predicted octanol–water partition coefficient (Wildman–Crippen LogP) is 1.50. The molecular formula is C18H18N2O5S2. The molecule has 4 aliphatic rings. The number of esters is 1.